The van der Waals surface area contributed by atoms with Gasteiger partial charge in [-0.05, 0) is 37.6 Å². The zero-order chi connectivity index (χ0) is 28.5. The van der Waals surface area contributed by atoms with E-state index in [-0.39, 0.29) is 24.8 Å². The molecular formula is C23H24F3N7O5. The van der Waals surface area contributed by atoms with Crippen LogP contribution in [0.1, 0.15) is 27.3 Å². The number of carboxylic acids is 1. The topological polar surface area (TPSA) is 181 Å². The molecule has 38 heavy (non-hydrogen) atoms. The van der Waals surface area contributed by atoms with E-state index in [0.717, 1.165) is 11.3 Å². The van der Waals surface area contributed by atoms with Crippen LogP contribution in [0, 0.1) is 13.8 Å². The van der Waals surface area contributed by atoms with Crippen molar-refractivity contribution in [3.63, 3.8) is 0 Å². The highest BCUT2D eigenvalue weighted by Gasteiger charge is 2.38. The van der Waals surface area contributed by atoms with Crippen molar-refractivity contribution in [2.24, 2.45) is 0 Å². The summed E-state index contributed by atoms with van der Waals surface area (Å²) in [6.45, 7) is 3.53. The quantitative estimate of drug-likeness (QED) is 0.280. The highest BCUT2D eigenvalue weighted by atomic mass is 19.4. The minimum atomic E-state index is -5.08. The summed E-state index contributed by atoms with van der Waals surface area (Å²) in [5.74, 6) is -3.22. The number of aryl methyl sites for hydroxylation is 2. The van der Waals surface area contributed by atoms with E-state index in [9.17, 15) is 27.6 Å². The number of nitrogens with two attached hydrogens (primary N) is 1. The van der Waals surface area contributed by atoms with Crippen LogP contribution < -0.4 is 27.5 Å². The molecule has 2 heterocycles. The zero-order valence-electron chi connectivity index (χ0n) is 20.2. The zero-order valence-corrected chi connectivity index (χ0v) is 20.2. The number of aliphatic carboxylic acids is 1. The Kier molecular flexibility index (Phi) is 9.90. The van der Waals surface area contributed by atoms with Crippen molar-refractivity contribution in [3.8, 4) is 0 Å². The molecule has 0 bridgehead atoms. The molecule has 12 nitrogen and oxygen atoms in total. The largest absolute Gasteiger partial charge is 0.490 e. The van der Waals surface area contributed by atoms with Gasteiger partial charge in [0.15, 0.2) is 0 Å². The van der Waals surface area contributed by atoms with Crippen LogP contribution in [0.4, 0.5) is 24.8 Å². The molecule has 2 aromatic heterocycles. The molecule has 6 N–H and O–H groups in total. The van der Waals surface area contributed by atoms with Gasteiger partial charge in [-0.3, -0.25) is 29.8 Å². The Labute approximate surface area is 213 Å². The minimum absolute atomic E-state index is 0.0961. The third kappa shape index (κ3) is 8.61. The van der Waals surface area contributed by atoms with E-state index in [0.29, 0.717) is 17.1 Å². The number of aromatic nitrogens is 3. The highest BCUT2D eigenvalue weighted by Crippen LogP contribution is 2.13. The summed E-state index contributed by atoms with van der Waals surface area (Å²) >= 11 is 0. The first kappa shape index (κ1) is 29.3. The Morgan fingerprint density at radius 2 is 1.71 bits per heavy atom. The minimum Gasteiger partial charge on any atom is -0.475 e. The normalized spacial score (nSPS) is 10.6. The number of nitrogens with zero attached hydrogens (tertiary/aromatic N) is 3. The van der Waals surface area contributed by atoms with Crippen molar-refractivity contribution in [3.05, 3.63) is 81.5 Å². The first-order valence-corrected chi connectivity index (χ1v) is 10.8. The number of carboxylic acid groups (broad SMARTS) is 1. The van der Waals surface area contributed by atoms with Crippen molar-refractivity contribution in [1.82, 2.24) is 25.3 Å². The molecule has 15 heteroatoms. The number of alkyl halides is 3. The van der Waals surface area contributed by atoms with Crippen LogP contribution in [0.3, 0.4) is 0 Å². The Morgan fingerprint density at radius 3 is 2.29 bits per heavy atom. The van der Waals surface area contributed by atoms with Gasteiger partial charge in [0.05, 0.1) is 0 Å². The Balaban J connectivity index is 0.000000638. The van der Waals surface area contributed by atoms with E-state index >= 15 is 0 Å². The van der Waals surface area contributed by atoms with Crippen LogP contribution in [0.15, 0.2) is 53.5 Å². The third-order valence-electron chi connectivity index (χ3n) is 4.82. The summed E-state index contributed by atoms with van der Waals surface area (Å²) in [4.78, 5) is 54.3. The number of hydrogen-bond acceptors (Lipinski definition) is 8. The summed E-state index contributed by atoms with van der Waals surface area (Å²) in [5.41, 5.74) is 12.5. The van der Waals surface area contributed by atoms with Crippen LogP contribution in [0.25, 0.3) is 0 Å². The molecule has 0 saturated carbocycles. The number of pyridine rings is 1. The molecule has 0 aliphatic heterocycles. The molecule has 0 radical (unpaired) electrons. The number of hydrogen-bond donors (Lipinski definition) is 5. The number of nitrogen functional groups attached to an aromatic ring is 1. The highest BCUT2D eigenvalue weighted by molar-refractivity contribution is 5.94. The number of carbonyl (C=O) groups excluding carboxylic acids is 2. The molecule has 0 aliphatic rings. The monoisotopic (exact) mass is 535 g/mol. The molecule has 0 aliphatic carbocycles. The van der Waals surface area contributed by atoms with Gasteiger partial charge in [0.2, 0.25) is 11.7 Å². The van der Waals surface area contributed by atoms with Gasteiger partial charge in [0.25, 0.3) is 11.5 Å². The number of nitrogens with one attached hydrogen (secondary N) is 3. The number of rotatable bonds is 7. The van der Waals surface area contributed by atoms with Gasteiger partial charge >= 0.3 is 12.1 Å². The Bertz CT molecular complexity index is 1360. The molecule has 0 spiro atoms. The first-order valence-electron chi connectivity index (χ1n) is 10.8. The van der Waals surface area contributed by atoms with Crippen LogP contribution in [-0.2, 0) is 22.7 Å². The molecule has 0 unspecified atom stereocenters. The third-order valence-corrected chi connectivity index (χ3v) is 4.82. The van der Waals surface area contributed by atoms with Gasteiger partial charge in [-0.25, -0.2) is 14.8 Å². The first-order chi connectivity index (χ1) is 17.8. The van der Waals surface area contributed by atoms with Crippen LogP contribution in [0.2, 0.25) is 0 Å². The maximum Gasteiger partial charge on any atom is 0.490 e. The molecule has 3 rings (SSSR count). The van der Waals surface area contributed by atoms with Crippen LogP contribution in [-0.4, -0.2) is 43.6 Å². The van der Waals surface area contributed by atoms with Crippen LogP contribution in [0.5, 0.6) is 0 Å². The molecule has 0 fully saturated rings. The van der Waals surface area contributed by atoms with E-state index in [1.54, 1.807) is 56.3 Å². The van der Waals surface area contributed by atoms with Gasteiger partial charge in [0.1, 0.15) is 12.4 Å². The standard InChI is InChI=1S/C21H23N7O3.C2HF3O2/c1-13-10-24-19(26-27-20(30)15-6-4-3-5-7-15)21(31)28(13)12-18(29)23-11-16-8-9-17(22)25-14(16)2;3-2(4,5)1(6)7/h3-10H,11-12H2,1-2H3,(H2,22,25)(H,23,29)(H,24,26)(H,27,30);(H,6,7). The summed E-state index contributed by atoms with van der Waals surface area (Å²) in [5, 5.41) is 9.89. The van der Waals surface area contributed by atoms with E-state index in [2.05, 4.69) is 26.1 Å². The molecule has 1 aromatic carbocycles. The predicted octanol–water partition coefficient (Wildman–Crippen LogP) is 1.54. The summed E-state index contributed by atoms with van der Waals surface area (Å²) in [6.07, 6.45) is -3.64. The fourth-order valence-corrected chi connectivity index (χ4v) is 2.82. The molecule has 2 amide bonds. The number of carbonyl (C=O) groups is 3. The number of benzene rings is 1. The summed E-state index contributed by atoms with van der Waals surface area (Å²) in [6, 6.07) is 12.0. The smallest absolute Gasteiger partial charge is 0.475 e. The molecular weight excluding hydrogens is 511 g/mol. The molecule has 0 saturated heterocycles. The SMILES string of the molecule is Cc1nc(N)ccc1CNC(=O)Cn1c(C)cnc(NNC(=O)c2ccccc2)c1=O.O=C(O)C(F)(F)F. The Hall–Kier alpha value is -4.95. The summed E-state index contributed by atoms with van der Waals surface area (Å²) < 4.78 is 33.0. The fourth-order valence-electron chi connectivity index (χ4n) is 2.82. The van der Waals surface area contributed by atoms with Crippen molar-refractivity contribution in [1.29, 1.82) is 0 Å². The van der Waals surface area contributed by atoms with E-state index in [4.69, 9.17) is 15.6 Å². The van der Waals surface area contributed by atoms with E-state index in [1.807, 2.05) is 0 Å². The van der Waals surface area contributed by atoms with Gasteiger partial charge in [-0.1, -0.05) is 24.3 Å². The van der Waals surface area contributed by atoms with Crippen molar-refractivity contribution in [2.45, 2.75) is 33.1 Å². The predicted molar refractivity (Wildman–Crippen MR) is 130 cm³/mol. The molecule has 3 aromatic rings. The number of amides is 2. The lowest BCUT2D eigenvalue weighted by molar-refractivity contribution is -0.192. The van der Waals surface area contributed by atoms with Crippen molar-refractivity contribution in [2.75, 3.05) is 11.2 Å². The average Bonchev–Trinajstić information content (AvgIpc) is 2.85. The van der Waals surface area contributed by atoms with Gasteiger partial charge < -0.3 is 16.2 Å². The maximum absolute atomic E-state index is 12.7. The Morgan fingerprint density at radius 1 is 1.08 bits per heavy atom. The number of halogens is 3. The lowest BCUT2D eigenvalue weighted by Gasteiger charge is -2.13. The lowest BCUT2D eigenvalue weighted by Crippen LogP contribution is -2.38. The van der Waals surface area contributed by atoms with Crippen molar-refractivity contribution >= 4 is 29.4 Å². The second-order valence-corrected chi connectivity index (χ2v) is 7.64. The number of hydrazine groups is 1. The van der Waals surface area contributed by atoms with Gasteiger partial charge in [-0.2, -0.15) is 13.2 Å². The average molecular weight is 535 g/mol. The lowest BCUT2D eigenvalue weighted by atomic mass is 10.2. The van der Waals surface area contributed by atoms with Gasteiger partial charge in [-0.15, -0.1) is 0 Å². The van der Waals surface area contributed by atoms with E-state index < -0.39 is 23.6 Å². The summed E-state index contributed by atoms with van der Waals surface area (Å²) in [7, 11) is 0. The molecule has 0 atom stereocenters. The van der Waals surface area contributed by atoms with Gasteiger partial charge in [0, 0.05) is 29.7 Å². The van der Waals surface area contributed by atoms with Crippen molar-refractivity contribution < 1.29 is 32.7 Å². The maximum atomic E-state index is 12.7. The van der Waals surface area contributed by atoms with E-state index in [1.165, 1.54) is 10.8 Å². The second kappa shape index (κ2) is 12.8. The second-order valence-electron chi connectivity index (χ2n) is 7.64. The molecule has 202 valence electrons. The number of anilines is 2. The fraction of sp³-hybridized carbons (Fsp3) is 0.217. The van der Waals surface area contributed by atoms with Crippen LogP contribution >= 0.6 is 0 Å².